The second-order valence-corrected chi connectivity index (χ2v) is 12.4. The molecule has 0 spiro atoms. The number of carbonyl (C=O) groups is 1. The molecule has 272 valence electrons. The van der Waals surface area contributed by atoms with Gasteiger partial charge in [0.15, 0.2) is 11.6 Å². The fourth-order valence-electron chi connectivity index (χ4n) is 6.87. The van der Waals surface area contributed by atoms with Crippen molar-refractivity contribution in [3.05, 3.63) is 152 Å². The van der Waals surface area contributed by atoms with Gasteiger partial charge in [0.05, 0.1) is 49.5 Å². The number of aromatic nitrogens is 1. The quantitative estimate of drug-likeness (QED) is 0.115. The van der Waals surface area contributed by atoms with E-state index in [1.54, 1.807) is 60.7 Å². The van der Waals surface area contributed by atoms with Crippen molar-refractivity contribution in [2.75, 3.05) is 25.1 Å². The number of rotatable bonds is 10. The van der Waals surface area contributed by atoms with Crippen molar-refractivity contribution in [2.45, 2.75) is 38.2 Å². The predicted octanol–water partition coefficient (Wildman–Crippen LogP) is 8.27. The van der Waals surface area contributed by atoms with E-state index in [4.69, 9.17) is 9.47 Å². The van der Waals surface area contributed by atoms with Crippen LogP contribution in [0.25, 0.3) is 11.1 Å². The molecular weight excluding hydrogens is 695 g/mol. The van der Waals surface area contributed by atoms with E-state index in [0.29, 0.717) is 11.1 Å². The smallest absolute Gasteiger partial charge is 0.416 e. The van der Waals surface area contributed by atoms with Crippen LogP contribution in [0.1, 0.15) is 45.5 Å². The molecule has 53 heavy (non-hydrogen) atoms. The maximum atomic E-state index is 16.1. The fraction of sp³-hybridized carbons (Fsp3) is 0.225. The average Bonchev–Trinajstić information content (AvgIpc) is 3.55. The number of nitrogens with zero attached hydrogens (tertiary/aromatic N) is 3. The molecule has 5 aromatic rings. The van der Waals surface area contributed by atoms with Crippen LogP contribution in [0.2, 0.25) is 0 Å². The molecule has 13 heteroatoms. The van der Waals surface area contributed by atoms with Gasteiger partial charge in [0.25, 0.3) is 5.56 Å². The highest BCUT2D eigenvalue weighted by atomic mass is 19.4. The summed E-state index contributed by atoms with van der Waals surface area (Å²) in [5.74, 6) is -2.40. The van der Waals surface area contributed by atoms with Crippen molar-refractivity contribution >= 4 is 11.9 Å². The Morgan fingerprint density at radius 1 is 0.962 bits per heavy atom. The lowest BCUT2D eigenvalue weighted by Gasteiger charge is -2.27. The summed E-state index contributed by atoms with van der Waals surface area (Å²) in [6.07, 6.45) is -6.63. The third-order valence-electron chi connectivity index (χ3n) is 9.32. The van der Waals surface area contributed by atoms with Crippen LogP contribution >= 0.6 is 0 Å². The number of carbonyl (C=O) groups excluding carboxylic acids is 1. The number of benzene rings is 4. The summed E-state index contributed by atoms with van der Waals surface area (Å²) in [6.45, 7) is 0.815. The van der Waals surface area contributed by atoms with E-state index in [2.05, 4.69) is 5.32 Å². The van der Waals surface area contributed by atoms with Crippen LogP contribution in [-0.4, -0.2) is 30.9 Å². The molecular formula is C40H33F5N4O4. The maximum absolute atomic E-state index is 16.1. The van der Waals surface area contributed by atoms with Gasteiger partial charge in [-0.05, 0) is 41.8 Å². The lowest BCUT2D eigenvalue weighted by molar-refractivity contribution is -0.138. The highest BCUT2D eigenvalue weighted by molar-refractivity contribution is 5.90. The number of alkyl halides is 3. The molecule has 1 amide bonds. The molecule has 0 radical (unpaired) electrons. The molecule has 1 aliphatic heterocycles. The third kappa shape index (κ3) is 7.23. The Labute approximate surface area is 301 Å². The summed E-state index contributed by atoms with van der Waals surface area (Å²) in [5.41, 5.74) is -1.94. The van der Waals surface area contributed by atoms with Crippen molar-refractivity contribution in [2.24, 2.45) is 0 Å². The van der Waals surface area contributed by atoms with E-state index >= 15 is 8.78 Å². The molecule has 1 aliphatic rings. The van der Waals surface area contributed by atoms with E-state index in [1.807, 2.05) is 6.07 Å². The Morgan fingerprint density at radius 2 is 1.64 bits per heavy atom. The largest absolute Gasteiger partial charge is 0.494 e. The van der Waals surface area contributed by atoms with Crippen LogP contribution in [0.15, 0.2) is 102 Å². The van der Waals surface area contributed by atoms with Crippen molar-refractivity contribution < 1.29 is 36.2 Å². The zero-order valence-electron chi connectivity index (χ0n) is 28.6. The van der Waals surface area contributed by atoms with Crippen LogP contribution in [0, 0.1) is 29.9 Å². The summed E-state index contributed by atoms with van der Waals surface area (Å²) >= 11 is 0. The summed E-state index contributed by atoms with van der Waals surface area (Å²) in [6, 6.07) is 24.4. The molecule has 0 saturated carbocycles. The number of hydrogen-bond donors (Lipinski definition) is 1. The monoisotopic (exact) mass is 728 g/mol. The van der Waals surface area contributed by atoms with Crippen molar-refractivity contribution in [3.63, 3.8) is 0 Å². The number of halogens is 5. The van der Waals surface area contributed by atoms with Gasteiger partial charge in [0, 0.05) is 23.1 Å². The number of amides is 1. The Morgan fingerprint density at radius 3 is 2.30 bits per heavy atom. The minimum atomic E-state index is -4.96. The number of anilines is 1. The van der Waals surface area contributed by atoms with E-state index < -0.39 is 59.1 Å². The molecule has 2 atom stereocenters. The van der Waals surface area contributed by atoms with Gasteiger partial charge in [-0.1, -0.05) is 78.9 Å². The number of hydrogen-bond acceptors (Lipinski definition) is 6. The van der Waals surface area contributed by atoms with E-state index in [9.17, 15) is 28.0 Å². The summed E-state index contributed by atoms with van der Waals surface area (Å²) in [7, 11) is 1.24. The summed E-state index contributed by atoms with van der Waals surface area (Å²) in [4.78, 5) is 30.2. The number of pyridine rings is 1. The molecule has 0 fully saturated rings. The van der Waals surface area contributed by atoms with E-state index in [-0.39, 0.29) is 53.5 Å². The number of ether oxygens (including phenoxy) is 2. The normalized spacial score (nSPS) is 14.4. The lowest BCUT2D eigenvalue weighted by atomic mass is 9.91. The lowest BCUT2D eigenvalue weighted by Crippen LogP contribution is -2.36. The Balaban J connectivity index is 1.66. The van der Waals surface area contributed by atoms with Gasteiger partial charge >= 0.3 is 12.3 Å². The Hall–Kier alpha value is -6.00. The molecule has 2 heterocycles. The first-order valence-electron chi connectivity index (χ1n) is 16.5. The van der Waals surface area contributed by atoms with Gasteiger partial charge in [-0.2, -0.15) is 18.4 Å². The van der Waals surface area contributed by atoms with E-state index in [0.717, 1.165) is 23.1 Å². The molecule has 4 aromatic carbocycles. The van der Waals surface area contributed by atoms with Crippen LogP contribution in [-0.2, 0) is 23.9 Å². The molecule has 0 aliphatic carbocycles. The van der Waals surface area contributed by atoms with Gasteiger partial charge in [0.1, 0.15) is 18.2 Å². The first-order valence-corrected chi connectivity index (χ1v) is 16.5. The zero-order valence-corrected chi connectivity index (χ0v) is 28.6. The maximum Gasteiger partial charge on any atom is 0.416 e. The Kier molecular flexibility index (Phi) is 10.6. The highest BCUT2D eigenvalue weighted by Crippen LogP contribution is 2.44. The molecule has 1 N–H and O–H groups in total. The van der Waals surface area contributed by atoms with Gasteiger partial charge in [0.2, 0.25) is 0 Å². The number of fused-ring (bicyclic) bond motifs is 1. The van der Waals surface area contributed by atoms with Crippen molar-refractivity contribution in [1.29, 1.82) is 5.26 Å². The van der Waals surface area contributed by atoms with Crippen molar-refractivity contribution in [3.8, 4) is 22.9 Å². The number of methoxy groups -OCH3 is 1. The molecule has 0 bridgehead atoms. The summed E-state index contributed by atoms with van der Waals surface area (Å²) in [5, 5.41) is 12.7. The Bertz CT molecular complexity index is 2240. The second-order valence-electron chi connectivity index (χ2n) is 12.4. The highest BCUT2D eigenvalue weighted by Gasteiger charge is 2.43. The number of nitrogens with one attached hydrogen (secondary N) is 1. The first-order chi connectivity index (χ1) is 25.5. The molecule has 8 nitrogen and oxygen atoms in total. The van der Waals surface area contributed by atoms with Gasteiger partial charge in [-0.15, -0.1) is 0 Å². The average molecular weight is 729 g/mol. The van der Waals surface area contributed by atoms with Gasteiger partial charge in [-0.3, -0.25) is 19.6 Å². The first kappa shape index (κ1) is 36.8. The van der Waals surface area contributed by atoms with Gasteiger partial charge < -0.3 is 9.47 Å². The van der Waals surface area contributed by atoms with Crippen molar-refractivity contribution in [1.82, 2.24) is 9.88 Å². The zero-order chi connectivity index (χ0) is 37.9. The fourth-order valence-corrected chi connectivity index (χ4v) is 6.87. The topological polar surface area (TPSA) is 96.6 Å². The van der Waals surface area contributed by atoms with Crippen LogP contribution < -0.4 is 20.5 Å². The second kappa shape index (κ2) is 15.3. The minimum absolute atomic E-state index is 0.0209. The molecule has 1 aromatic heterocycles. The SMILES string of the molecule is COc1cccc(-c2c(C)c(Cc3c(F)cccc3C(F)(F)F)c3n(c2=O)[C@@H](C(NCC#N)c2ccccc2)CN3C(=O)OCc2ccccc2)c1F. The van der Waals surface area contributed by atoms with Crippen LogP contribution in [0.3, 0.4) is 0 Å². The molecule has 1 unspecified atom stereocenters. The summed E-state index contributed by atoms with van der Waals surface area (Å²) < 4.78 is 86.9. The number of nitriles is 1. The van der Waals surface area contributed by atoms with Gasteiger partial charge in [-0.25, -0.2) is 13.6 Å². The van der Waals surface area contributed by atoms with Crippen LogP contribution in [0.4, 0.5) is 32.6 Å². The standard InChI is InChI=1S/C40H33F5N4O4/c1-24-28(21-29-30(40(43,44)45)16-10-17-31(29)41)37-48(39(51)53-23-25-11-5-3-6-12-25)22-32(36(47-20-19-46)26-13-7-4-8-14-26)49(37)38(50)34(24)27-15-9-18-33(52-2)35(27)42/h3-18,32,36,47H,20-23H2,1-2H3/t32-,36?/m1/s1. The molecule has 6 rings (SSSR count). The predicted molar refractivity (Wildman–Crippen MR) is 187 cm³/mol. The van der Waals surface area contributed by atoms with E-state index in [1.165, 1.54) is 36.8 Å². The third-order valence-corrected chi connectivity index (χ3v) is 9.32. The van der Waals surface area contributed by atoms with Crippen LogP contribution in [0.5, 0.6) is 5.75 Å². The molecule has 0 saturated heterocycles. The minimum Gasteiger partial charge on any atom is -0.494 e.